The van der Waals surface area contributed by atoms with Crippen molar-refractivity contribution >= 4 is 11.8 Å². The van der Waals surface area contributed by atoms with E-state index in [0.717, 1.165) is 25.9 Å². The number of aryl methyl sites for hydroxylation is 1. The van der Waals surface area contributed by atoms with E-state index in [0.29, 0.717) is 0 Å². The molecule has 0 unspecified atom stereocenters. The predicted octanol–water partition coefficient (Wildman–Crippen LogP) is 2.73. The minimum Gasteiger partial charge on any atom is -0.317 e. The highest BCUT2D eigenvalue weighted by Gasteiger charge is 2.33. The number of thioether (sulfide) groups is 1. The smallest absolute Gasteiger partial charge is 0.109 e. The second-order valence-electron chi connectivity index (χ2n) is 4.22. The van der Waals surface area contributed by atoms with Gasteiger partial charge in [0.15, 0.2) is 0 Å². The van der Waals surface area contributed by atoms with Gasteiger partial charge in [-0.1, -0.05) is 18.2 Å². The van der Waals surface area contributed by atoms with E-state index in [1.165, 1.54) is 10.5 Å². The quantitative estimate of drug-likeness (QED) is 0.851. The molecule has 0 saturated carbocycles. The topological polar surface area (TPSA) is 35.8 Å². The highest BCUT2D eigenvalue weighted by Crippen LogP contribution is 2.40. The van der Waals surface area contributed by atoms with E-state index in [1.807, 2.05) is 12.1 Å². The molecule has 16 heavy (non-hydrogen) atoms. The van der Waals surface area contributed by atoms with Gasteiger partial charge in [-0.05, 0) is 44.5 Å². The molecule has 2 rings (SSSR count). The molecule has 0 amide bonds. The van der Waals surface area contributed by atoms with Crippen LogP contribution in [-0.4, -0.2) is 17.8 Å². The molecule has 1 fully saturated rings. The summed E-state index contributed by atoms with van der Waals surface area (Å²) < 4.78 is -0.225. The number of piperidine rings is 1. The Labute approximate surface area is 101 Å². The van der Waals surface area contributed by atoms with Crippen LogP contribution in [0.2, 0.25) is 0 Å². The average molecular weight is 232 g/mol. The van der Waals surface area contributed by atoms with Crippen molar-refractivity contribution in [3.05, 3.63) is 29.8 Å². The van der Waals surface area contributed by atoms with E-state index in [1.54, 1.807) is 11.8 Å². The van der Waals surface area contributed by atoms with Crippen LogP contribution in [0.1, 0.15) is 18.4 Å². The molecule has 1 saturated heterocycles. The van der Waals surface area contributed by atoms with Crippen LogP contribution >= 0.6 is 11.8 Å². The van der Waals surface area contributed by atoms with Gasteiger partial charge in [0.05, 0.1) is 6.07 Å². The minimum atomic E-state index is -0.225. The molecular formula is C13H16N2S. The van der Waals surface area contributed by atoms with Crippen molar-refractivity contribution in [1.29, 1.82) is 5.26 Å². The van der Waals surface area contributed by atoms with Crippen molar-refractivity contribution in [2.45, 2.75) is 29.4 Å². The first kappa shape index (κ1) is 11.5. The molecule has 0 bridgehead atoms. The zero-order valence-electron chi connectivity index (χ0n) is 9.49. The summed E-state index contributed by atoms with van der Waals surface area (Å²) >= 11 is 1.74. The summed E-state index contributed by atoms with van der Waals surface area (Å²) in [6, 6.07) is 10.8. The molecule has 0 radical (unpaired) electrons. The summed E-state index contributed by atoms with van der Waals surface area (Å²) in [6.45, 7) is 4.01. The van der Waals surface area contributed by atoms with Crippen LogP contribution in [0, 0.1) is 18.3 Å². The number of nitrogens with zero attached hydrogens (tertiary/aromatic N) is 1. The standard InChI is InChI=1S/C13H16N2S/c1-11-4-2-3-5-12(11)16-13(10-14)6-8-15-9-7-13/h2-5,15H,6-9H2,1H3. The van der Waals surface area contributed by atoms with E-state index in [4.69, 9.17) is 0 Å². The first-order valence-electron chi connectivity index (χ1n) is 5.62. The Morgan fingerprint density at radius 2 is 2.00 bits per heavy atom. The van der Waals surface area contributed by atoms with E-state index in [9.17, 15) is 5.26 Å². The lowest BCUT2D eigenvalue weighted by molar-refractivity contribution is 0.476. The van der Waals surface area contributed by atoms with Crippen molar-refractivity contribution in [1.82, 2.24) is 5.32 Å². The van der Waals surface area contributed by atoms with Gasteiger partial charge < -0.3 is 5.32 Å². The highest BCUT2D eigenvalue weighted by molar-refractivity contribution is 8.01. The molecule has 2 nitrogen and oxygen atoms in total. The average Bonchev–Trinajstić information content (AvgIpc) is 2.33. The van der Waals surface area contributed by atoms with E-state index >= 15 is 0 Å². The number of nitrogens with one attached hydrogen (secondary N) is 1. The zero-order valence-corrected chi connectivity index (χ0v) is 10.3. The Bertz CT molecular complexity index is 403. The maximum atomic E-state index is 9.40. The fraction of sp³-hybridized carbons (Fsp3) is 0.462. The van der Waals surface area contributed by atoms with Crippen LogP contribution in [0.4, 0.5) is 0 Å². The Kier molecular flexibility index (Phi) is 3.52. The lowest BCUT2D eigenvalue weighted by atomic mass is 9.99. The SMILES string of the molecule is Cc1ccccc1SC1(C#N)CCNCC1. The van der Waals surface area contributed by atoms with E-state index < -0.39 is 0 Å². The molecule has 0 atom stereocenters. The monoisotopic (exact) mass is 232 g/mol. The Balaban J connectivity index is 2.19. The molecule has 1 aromatic carbocycles. The molecule has 0 spiro atoms. The predicted molar refractivity (Wildman–Crippen MR) is 67.5 cm³/mol. The van der Waals surface area contributed by atoms with Crippen molar-refractivity contribution in [3.63, 3.8) is 0 Å². The second kappa shape index (κ2) is 4.90. The van der Waals surface area contributed by atoms with Gasteiger partial charge in [0, 0.05) is 4.90 Å². The first-order valence-corrected chi connectivity index (χ1v) is 6.44. The maximum Gasteiger partial charge on any atom is 0.109 e. The van der Waals surface area contributed by atoms with Crippen molar-refractivity contribution < 1.29 is 0 Å². The van der Waals surface area contributed by atoms with Crippen molar-refractivity contribution in [3.8, 4) is 6.07 Å². The van der Waals surface area contributed by atoms with Gasteiger partial charge in [0.2, 0.25) is 0 Å². The van der Waals surface area contributed by atoms with Crippen LogP contribution in [0.15, 0.2) is 29.2 Å². The molecule has 1 aliphatic heterocycles. The molecule has 0 aliphatic carbocycles. The third kappa shape index (κ3) is 2.40. The molecule has 1 heterocycles. The lowest BCUT2D eigenvalue weighted by Crippen LogP contribution is -2.38. The van der Waals surface area contributed by atoms with Crippen molar-refractivity contribution in [2.24, 2.45) is 0 Å². The summed E-state index contributed by atoms with van der Waals surface area (Å²) in [5.41, 5.74) is 1.26. The molecule has 1 aliphatic rings. The van der Waals surface area contributed by atoms with Crippen LogP contribution in [-0.2, 0) is 0 Å². The molecule has 3 heteroatoms. The number of benzene rings is 1. The maximum absolute atomic E-state index is 9.40. The largest absolute Gasteiger partial charge is 0.317 e. The van der Waals surface area contributed by atoms with Crippen molar-refractivity contribution in [2.75, 3.05) is 13.1 Å². The molecule has 84 valence electrons. The van der Waals surface area contributed by atoms with Gasteiger partial charge >= 0.3 is 0 Å². The normalized spacial score (nSPS) is 19.0. The lowest BCUT2D eigenvalue weighted by Gasteiger charge is -2.30. The molecule has 1 aromatic rings. The Morgan fingerprint density at radius 1 is 1.31 bits per heavy atom. The zero-order chi connectivity index (χ0) is 11.4. The summed E-state index contributed by atoms with van der Waals surface area (Å²) in [5.74, 6) is 0. The van der Waals surface area contributed by atoms with E-state index in [2.05, 4.69) is 30.4 Å². The van der Waals surface area contributed by atoms with Gasteiger partial charge in [0.25, 0.3) is 0 Å². The highest BCUT2D eigenvalue weighted by atomic mass is 32.2. The minimum absolute atomic E-state index is 0.225. The van der Waals surface area contributed by atoms with Gasteiger partial charge in [-0.2, -0.15) is 5.26 Å². The molecule has 0 aromatic heterocycles. The summed E-state index contributed by atoms with van der Waals surface area (Å²) in [6.07, 6.45) is 1.87. The van der Waals surface area contributed by atoms with Gasteiger partial charge in [-0.25, -0.2) is 0 Å². The van der Waals surface area contributed by atoms with E-state index in [-0.39, 0.29) is 4.75 Å². The Hall–Kier alpha value is -0.980. The number of hydrogen-bond donors (Lipinski definition) is 1. The number of rotatable bonds is 2. The van der Waals surface area contributed by atoms with Crippen LogP contribution in [0.3, 0.4) is 0 Å². The third-order valence-corrected chi connectivity index (χ3v) is 4.58. The van der Waals surface area contributed by atoms with Gasteiger partial charge in [0.1, 0.15) is 4.75 Å². The van der Waals surface area contributed by atoms with Crippen LogP contribution in [0.5, 0.6) is 0 Å². The van der Waals surface area contributed by atoms with Crippen LogP contribution in [0.25, 0.3) is 0 Å². The summed E-state index contributed by atoms with van der Waals surface area (Å²) in [7, 11) is 0. The second-order valence-corrected chi connectivity index (χ2v) is 5.65. The molecular weight excluding hydrogens is 216 g/mol. The Morgan fingerprint density at radius 3 is 2.62 bits per heavy atom. The summed E-state index contributed by atoms with van der Waals surface area (Å²) in [5, 5.41) is 12.7. The number of hydrogen-bond acceptors (Lipinski definition) is 3. The summed E-state index contributed by atoms with van der Waals surface area (Å²) in [4.78, 5) is 1.24. The third-order valence-electron chi connectivity index (χ3n) is 3.01. The van der Waals surface area contributed by atoms with Crippen LogP contribution < -0.4 is 5.32 Å². The van der Waals surface area contributed by atoms with Gasteiger partial charge in [-0.15, -0.1) is 11.8 Å². The first-order chi connectivity index (χ1) is 7.76. The fourth-order valence-electron chi connectivity index (χ4n) is 1.95. The fourth-order valence-corrected chi connectivity index (χ4v) is 3.20. The number of nitriles is 1. The molecule has 1 N–H and O–H groups in total. The van der Waals surface area contributed by atoms with Gasteiger partial charge in [-0.3, -0.25) is 0 Å².